The number of esters is 1. The fourth-order valence-corrected chi connectivity index (χ4v) is 3.53. The van der Waals surface area contributed by atoms with Gasteiger partial charge in [-0.2, -0.15) is 5.26 Å². The van der Waals surface area contributed by atoms with E-state index in [1.165, 1.54) is 25.1 Å². The van der Waals surface area contributed by atoms with E-state index in [1.54, 1.807) is 24.3 Å². The van der Waals surface area contributed by atoms with E-state index in [0.717, 1.165) is 4.90 Å². The minimum atomic E-state index is -0.687. The van der Waals surface area contributed by atoms with E-state index in [9.17, 15) is 19.6 Å². The van der Waals surface area contributed by atoms with Crippen molar-refractivity contribution in [2.45, 2.75) is 13.3 Å². The normalized spacial score (nSPS) is 15.0. The number of rotatable bonds is 8. The maximum atomic E-state index is 12.9. The molecular weight excluding hydrogens is 460 g/mol. The second kappa shape index (κ2) is 10.8. The van der Waals surface area contributed by atoms with Gasteiger partial charge in [0.15, 0.2) is 0 Å². The number of furan rings is 1. The van der Waals surface area contributed by atoms with Gasteiger partial charge in [0.2, 0.25) is 0 Å². The van der Waals surface area contributed by atoms with Gasteiger partial charge in [-0.05, 0) is 55.3 Å². The molecule has 174 valence electrons. The Balaban J connectivity index is 1.96. The number of aliphatic hydroxyl groups excluding tert-OH is 1. The molecule has 0 bridgehead atoms. The first-order valence-corrected chi connectivity index (χ1v) is 10.7. The molecule has 1 aliphatic heterocycles. The number of nitrogens with zero attached hydrogens (tertiary/aromatic N) is 2. The van der Waals surface area contributed by atoms with Crippen LogP contribution in [0, 0.1) is 11.3 Å². The van der Waals surface area contributed by atoms with E-state index < -0.39 is 17.8 Å². The fourth-order valence-electron chi connectivity index (χ4n) is 3.34. The minimum absolute atomic E-state index is 0.0110. The molecule has 3 rings (SSSR count). The Hall–Kier alpha value is -3.93. The molecule has 0 saturated carbocycles. The smallest absolute Gasteiger partial charge is 0.339 e. The molecule has 1 aromatic heterocycles. The van der Waals surface area contributed by atoms with E-state index in [0.29, 0.717) is 17.1 Å². The van der Waals surface area contributed by atoms with Crippen LogP contribution in [0.2, 0.25) is 5.02 Å². The highest BCUT2D eigenvalue weighted by atomic mass is 35.5. The third-order valence-corrected chi connectivity index (χ3v) is 5.41. The molecule has 2 aromatic rings. The molecule has 0 spiro atoms. The number of benzene rings is 1. The number of halogens is 1. The molecule has 0 radical (unpaired) electrons. The second-order valence-corrected chi connectivity index (χ2v) is 7.70. The third-order valence-electron chi connectivity index (χ3n) is 5.08. The van der Waals surface area contributed by atoms with E-state index in [1.807, 2.05) is 6.07 Å². The molecule has 0 unspecified atom stereocenters. The number of carbonyl (C=O) groups excluding carboxylic acids is 3. The average molecular weight is 481 g/mol. The van der Waals surface area contributed by atoms with E-state index >= 15 is 0 Å². The van der Waals surface area contributed by atoms with Crippen LogP contribution in [0.5, 0.6) is 0 Å². The Morgan fingerprint density at radius 1 is 1.29 bits per heavy atom. The number of ether oxygens (including phenoxy) is 1. The number of aliphatic hydroxyl groups is 1. The number of imide groups is 1. The van der Waals surface area contributed by atoms with Crippen molar-refractivity contribution in [3.8, 4) is 17.4 Å². The van der Waals surface area contributed by atoms with E-state index in [2.05, 4.69) is 6.58 Å². The monoisotopic (exact) mass is 480 g/mol. The van der Waals surface area contributed by atoms with Crippen molar-refractivity contribution in [1.29, 1.82) is 5.26 Å². The lowest BCUT2D eigenvalue weighted by molar-refractivity contribution is -0.140. The molecule has 1 aliphatic rings. The molecule has 2 amide bonds. The highest BCUT2D eigenvalue weighted by Gasteiger charge is 2.35. The maximum absolute atomic E-state index is 12.9. The van der Waals surface area contributed by atoms with Gasteiger partial charge in [-0.1, -0.05) is 24.3 Å². The first-order valence-electron chi connectivity index (χ1n) is 10.3. The van der Waals surface area contributed by atoms with Crippen molar-refractivity contribution in [1.82, 2.24) is 4.90 Å². The van der Waals surface area contributed by atoms with Gasteiger partial charge < -0.3 is 14.3 Å². The molecule has 1 aromatic carbocycles. The minimum Gasteiger partial charge on any atom is -0.458 e. The summed E-state index contributed by atoms with van der Waals surface area (Å²) in [6, 6.07) is 9.87. The van der Waals surface area contributed by atoms with E-state index in [4.69, 9.17) is 25.9 Å². The Labute approximate surface area is 201 Å². The summed E-state index contributed by atoms with van der Waals surface area (Å²) < 4.78 is 10.9. The highest BCUT2D eigenvalue weighted by Crippen LogP contribution is 2.31. The average Bonchev–Trinajstić information content (AvgIpc) is 3.29. The summed E-state index contributed by atoms with van der Waals surface area (Å²) in [5.74, 6) is -1.16. The van der Waals surface area contributed by atoms with Gasteiger partial charge in [0.1, 0.15) is 29.8 Å². The summed E-state index contributed by atoms with van der Waals surface area (Å²) in [6.45, 7) is 4.85. The summed E-state index contributed by atoms with van der Waals surface area (Å²) >= 11 is 6.13. The van der Waals surface area contributed by atoms with Crippen LogP contribution in [-0.4, -0.2) is 47.5 Å². The van der Waals surface area contributed by atoms with Gasteiger partial charge in [-0.3, -0.25) is 14.5 Å². The number of carbonyl (C=O) groups is 3. The van der Waals surface area contributed by atoms with Crippen LogP contribution < -0.4 is 0 Å². The number of hydrogen-bond donors (Lipinski definition) is 1. The van der Waals surface area contributed by atoms with Gasteiger partial charge in [0.25, 0.3) is 11.8 Å². The first kappa shape index (κ1) is 24.7. The molecule has 1 N–H and O–H groups in total. The van der Waals surface area contributed by atoms with Crippen LogP contribution in [0.4, 0.5) is 0 Å². The molecule has 0 fully saturated rings. The molecular formula is C25H21ClN2O6. The molecule has 0 saturated heterocycles. The van der Waals surface area contributed by atoms with Gasteiger partial charge in [-0.25, -0.2) is 4.79 Å². The molecule has 2 heterocycles. The summed E-state index contributed by atoms with van der Waals surface area (Å²) in [5, 5.41) is 18.7. The number of amides is 2. The predicted molar refractivity (Wildman–Crippen MR) is 124 cm³/mol. The van der Waals surface area contributed by atoms with Crippen LogP contribution in [0.3, 0.4) is 0 Å². The van der Waals surface area contributed by atoms with Crippen molar-refractivity contribution in [3.63, 3.8) is 0 Å². The van der Waals surface area contributed by atoms with Gasteiger partial charge >= 0.3 is 5.97 Å². The Bertz CT molecular complexity index is 1260. The highest BCUT2D eigenvalue weighted by molar-refractivity contribution is 6.33. The maximum Gasteiger partial charge on any atom is 0.339 e. The van der Waals surface area contributed by atoms with Crippen LogP contribution in [0.1, 0.15) is 29.5 Å². The van der Waals surface area contributed by atoms with Gasteiger partial charge in [0.05, 0.1) is 10.6 Å². The summed E-state index contributed by atoms with van der Waals surface area (Å²) in [6.07, 6.45) is 3.09. The third kappa shape index (κ3) is 5.01. The van der Waals surface area contributed by atoms with Crippen LogP contribution in [0.15, 0.2) is 64.1 Å². The summed E-state index contributed by atoms with van der Waals surface area (Å²) in [7, 11) is 0. The van der Waals surface area contributed by atoms with Gasteiger partial charge in [0, 0.05) is 24.3 Å². The van der Waals surface area contributed by atoms with Crippen LogP contribution in [-0.2, 0) is 14.3 Å². The van der Waals surface area contributed by atoms with Crippen LogP contribution >= 0.6 is 11.6 Å². The lowest BCUT2D eigenvalue weighted by Crippen LogP contribution is -2.43. The summed E-state index contributed by atoms with van der Waals surface area (Å²) in [4.78, 5) is 38.6. The quantitative estimate of drug-likeness (QED) is 0.263. The standard InChI is InChI=1S/C25H21ClN2O6/c1-3-11-33-25(32)19-12-16(5-7-21(19)26)22-8-6-17(34-22)13-18-15(2)20(14-27)24(31)28(23(18)30)9-4-10-29/h3,5-8,12-13,29H,1,4,9-11H2,2H3/b18-13+. The van der Waals surface area contributed by atoms with Crippen LogP contribution in [0.25, 0.3) is 17.4 Å². The van der Waals surface area contributed by atoms with Gasteiger partial charge in [-0.15, -0.1) is 0 Å². The van der Waals surface area contributed by atoms with Crippen molar-refractivity contribution >= 4 is 35.5 Å². The summed E-state index contributed by atoms with van der Waals surface area (Å²) in [5.41, 5.74) is 0.958. The van der Waals surface area contributed by atoms with Crippen molar-refractivity contribution in [2.75, 3.05) is 19.8 Å². The molecule has 0 atom stereocenters. The predicted octanol–water partition coefficient (Wildman–Crippen LogP) is 3.92. The lowest BCUT2D eigenvalue weighted by atomic mass is 9.94. The molecule has 9 heteroatoms. The van der Waals surface area contributed by atoms with Crippen molar-refractivity contribution in [3.05, 3.63) is 76.1 Å². The zero-order valence-electron chi connectivity index (χ0n) is 18.3. The zero-order valence-corrected chi connectivity index (χ0v) is 19.1. The lowest BCUT2D eigenvalue weighted by Gasteiger charge is -2.27. The largest absolute Gasteiger partial charge is 0.458 e. The Morgan fingerprint density at radius 3 is 2.74 bits per heavy atom. The number of nitriles is 1. The second-order valence-electron chi connectivity index (χ2n) is 7.29. The van der Waals surface area contributed by atoms with Crippen molar-refractivity contribution < 1.29 is 28.6 Å². The molecule has 0 aliphatic carbocycles. The van der Waals surface area contributed by atoms with E-state index in [-0.39, 0.29) is 53.5 Å². The fraction of sp³-hybridized carbons (Fsp3) is 0.200. The van der Waals surface area contributed by atoms with Crippen molar-refractivity contribution in [2.24, 2.45) is 0 Å². The molecule has 34 heavy (non-hydrogen) atoms. The first-order chi connectivity index (χ1) is 16.3. The Morgan fingerprint density at radius 2 is 2.06 bits per heavy atom. The topological polar surface area (TPSA) is 121 Å². The molecule has 8 nitrogen and oxygen atoms in total. The Kier molecular flexibility index (Phi) is 7.84. The number of hydrogen-bond acceptors (Lipinski definition) is 7. The SMILES string of the molecule is C=CCOC(=O)c1cc(-c2ccc(/C=C3/C(=O)N(CCCO)C(=O)C(C#N)=C3C)o2)ccc1Cl. The zero-order chi connectivity index (χ0) is 24.8.